The van der Waals surface area contributed by atoms with Gasteiger partial charge in [-0.15, -0.1) is 0 Å². The van der Waals surface area contributed by atoms with Crippen molar-refractivity contribution in [3.8, 4) is 0 Å². The van der Waals surface area contributed by atoms with E-state index in [4.69, 9.17) is 0 Å². The molecule has 0 spiro atoms. The Hall–Kier alpha value is -1.88. The van der Waals surface area contributed by atoms with Crippen LogP contribution in [0.15, 0.2) is 18.2 Å². The highest BCUT2D eigenvalue weighted by Crippen LogP contribution is 2.30. The van der Waals surface area contributed by atoms with Gasteiger partial charge < -0.3 is 15.5 Å². The lowest BCUT2D eigenvalue weighted by molar-refractivity contribution is -0.128. The van der Waals surface area contributed by atoms with Crippen LogP contribution >= 0.6 is 0 Å². The second-order valence-corrected chi connectivity index (χ2v) is 7.40. The summed E-state index contributed by atoms with van der Waals surface area (Å²) in [6.45, 7) is 5.55. The van der Waals surface area contributed by atoms with Gasteiger partial charge in [0.1, 0.15) is 0 Å². The molecule has 138 valence electrons. The number of amides is 2. The smallest absolute Gasteiger partial charge is 0.227 e. The Morgan fingerprint density at radius 1 is 1.00 bits per heavy atom. The quantitative estimate of drug-likeness (QED) is 0.833. The molecule has 5 nitrogen and oxygen atoms in total. The van der Waals surface area contributed by atoms with Gasteiger partial charge in [-0.1, -0.05) is 18.2 Å². The molecule has 0 aliphatic heterocycles. The average molecular weight is 345 g/mol. The molecule has 25 heavy (non-hydrogen) atoms. The van der Waals surface area contributed by atoms with Crippen molar-refractivity contribution in [2.24, 2.45) is 11.8 Å². The van der Waals surface area contributed by atoms with Gasteiger partial charge in [0.2, 0.25) is 11.8 Å². The van der Waals surface area contributed by atoms with E-state index in [1.165, 1.54) is 0 Å². The van der Waals surface area contributed by atoms with E-state index >= 15 is 0 Å². The van der Waals surface area contributed by atoms with Gasteiger partial charge in [0.15, 0.2) is 0 Å². The van der Waals surface area contributed by atoms with Gasteiger partial charge >= 0.3 is 0 Å². The summed E-state index contributed by atoms with van der Waals surface area (Å²) >= 11 is 0. The molecule has 0 unspecified atom stereocenters. The molecule has 0 radical (unpaired) electrons. The van der Waals surface area contributed by atoms with Gasteiger partial charge in [0, 0.05) is 30.6 Å². The molecule has 1 aliphatic carbocycles. The summed E-state index contributed by atoms with van der Waals surface area (Å²) < 4.78 is 0. The second-order valence-electron chi connectivity index (χ2n) is 7.40. The Kier molecular flexibility index (Phi) is 7.00. The number of para-hydroxylation sites is 1. The van der Waals surface area contributed by atoms with Crippen LogP contribution in [0.5, 0.6) is 0 Å². The number of likely N-dealkylation sites (N-methyl/N-ethyl adjacent to an activating group) is 1. The zero-order valence-electron chi connectivity index (χ0n) is 15.9. The molecule has 2 rings (SSSR count). The number of nitrogens with zero attached hydrogens (tertiary/aromatic N) is 1. The minimum Gasteiger partial charge on any atom is -0.355 e. The van der Waals surface area contributed by atoms with Crippen LogP contribution in [0.3, 0.4) is 0 Å². The third-order valence-corrected chi connectivity index (χ3v) is 5.06. The molecule has 1 fully saturated rings. The van der Waals surface area contributed by atoms with Crippen LogP contribution in [-0.2, 0) is 9.59 Å². The SMILES string of the molecule is Cc1cccc(C)c1NC(=O)C1CCC(C(=O)NCCN(C)C)CC1. The summed E-state index contributed by atoms with van der Waals surface area (Å²) in [5.41, 5.74) is 3.10. The molecule has 1 aromatic rings. The van der Waals surface area contributed by atoms with Crippen LogP contribution in [-0.4, -0.2) is 43.9 Å². The number of nitrogens with one attached hydrogen (secondary N) is 2. The summed E-state index contributed by atoms with van der Waals surface area (Å²) in [5.74, 6) is 0.274. The van der Waals surface area contributed by atoms with E-state index in [9.17, 15) is 9.59 Å². The number of carbonyl (C=O) groups excluding carboxylic acids is 2. The minimum absolute atomic E-state index is 0.00447. The lowest BCUT2D eigenvalue weighted by Crippen LogP contribution is -2.38. The van der Waals surface area contributed by atoms with Crippen molar-refractivity contribution in [2.75, 3.05) is 32.5 Å². The van der Waals surface area contributed by atoms with Gasteiger partial charge in [0.25, 0.3) is 0 Å². The van der Waals surface area contributed by atoms with Crippen molar-refractivity contribution in [1.82, 2.24) is 10.2 Å². The Morgan fingerprint density at radius 3 is 2.04 bits per heavy atom. The first-order chi connectivity index (χ1) is 11.9. The fourth-order valence-electron chi connectivity index (χ4n) is 3.40. The lowest BCUT2D eigenvalue weighted by Gasteiger charge is -2.27. The van der Waals surface area contributed by atoms with Crippen molar-refractivity contribution in [3.63, 3.8) is 0 Å². The van der Waals surface area contributed by atoms with Crippen LogP contribution in [0.1, 0.15) is 36.8 Å². The maximum atomic E-state index is 12.6. The molecule has 1 aliphatic rings. The zero-order valence-corrected chi connectivity index (χ0v) is 15.9. The summed E-state index contributed by atoms with van der Waals surface area (Å²) in [4.78, 5) is 26.8. The zero-order chi connectivity index (χ0) is 18.4. The van der Waals surface area contributed by atoms with Gasteiger partial charge in [-0.05, 0) is 64.8 Å². The molecule has 1 saturated carbocycles. The molecular weight excluding hydrogens is 314 g/mol. The first kappa shape index (κ1) is 19.4. The van der Waals surface area contributed by atoms with E-state index in [-0.39, 0.29) is 23.7 Å². The molecule has 0 atom stereocenters. The van der Waals surface area contributed by atoms with Crippen molar-refractivity contribution < 1.29 is 9.59 Å². The number of anilines is 1. The number of benzene rings is 1. The summed E-state index contributed by atoms with van der Waals surface area (Å²) in [6.07, 6.45) is 3.14. The largest absolute Gasteiger partial charge is 0.355 e. The maximum Gasteiger partial charge on any atom is 0.227 e. The molecule has 0 aromatic heterocycles. The van der Waals surface area contributed by atoms with E-state index in [0.29, 0.717) is 6.54 Å². The van der Waals surface area contributed by atoms with E-state index in [1.54, 1.807) is 0 Å². The van der Waals surface area contributed by atoms with Gasteiger partial charge in [-0.2, -0.15) is 0 Å². The van der Waals surface area contributed by atoms with E-state index in [1.807, 2.05) is 46.1 Å². The monoisotopic (exact) mass is 345 g/mol. The fraction of sp³-hybridized carbons (Fsp3) is 0.600. The van der Waals surface area contributed by atoms with Crippen LogP contribution in [0, 0.1) is 25.7 Å². The molecule has 1 aromatic carbocycles. The number of carbonyl (C=O) groups is 2. The Morgan fingerprint density at radius 2 is 1.52 bits per heavy atom. The maximum absolute atomic E-state index is 12.6. The van der Waals surface area contributed by atoms with Crippen molar-refractivity contribution in [1.29, 1.82) is 0 Å². The first-order valence-corrected chi connectivity index (χ1v) is 9.18. The Balaban J connectivity index is 1.81. The molecule has 2 N–H and O–H groups in total. The number of aryl methyl sites for hydroxylation is 2. The van der Waals surface area contributed by atoms with Crippen LogP contribution in [0.2, 0.25) is 0 Å². The highest BCUT2D eigenvalue weighted by atomic mass is 16.2. The first-order valence-electron chi connectivity index (χ1n) is 9.18. The second kappa shape index (κ2) is 8.99. The predicted molar refractivity (Wildman–Crippen MR) is 102 cm³/mol. The third-order valence-electron chi connectivity index (χ3n) is 5.06. The van der Waals surface area contributed by atoms with Gasteiger partial charge in [0.05, 0.1) is 0 Å². The summed E-state index contributed by atoms with van der Waals surface area (Å²) in [7, 11) is 3.98. The highest BCUT2D eigenvalue weighted by Gasteiger charge is 2.30. The Bertz CT molecular complexity index is 585. The van der Waals surface area contributed by atoms with Crippen molar-refractivity contribution in [3.05, 3.63) is 29.3 Å². The molecule has 0 saturated heterocycles. The molecule has 0 heterocycles. The predicted octanol–water partition coefficient (Wildman–Crippen LogP) is 2.73. The van der Waals surface area contributed by atoms with Gasteiger partial charge in [-0.3, -0.25) is 9.59 Å². The van der Waals surface area contributed by atoms with E-state index in [2.05, 4.69) is 15.5 Å². The highest BCUT2D eigenvalue weighted by molar-refractivity contribution is 5.94. The number of hydrogen-bond acceptors (Lipinski definition) is 3. The summed E-state index contributed by atoms with van der Waals surface area (Å²) in [5, 5.41) is 6.10. The number of rotatable bonds is 6. The standard InChI is InChI=1S/C20H31N3O2/c1-14-6-5-7-15(2)18(14)22-20(25)17-10-8-16(9-11-17)19(24)21-12-13-23(3)4/h5-7,16-17H,8-13H2,1-4H3,(H,21,24)(H,22,25). The topological polar surface area (TPSA) is 61.4 Å². The van der Waals surface area contributed by atoms with Crippen LogP contribution in [0.4, 0.5) is 5.69 Å². The third kappa shape index (κ3) is 5.56. The average Bonchev–Trinajstić information content (AvgIpc) is 2.58. The Labute approximate surface area is 151 Å². The van der Waals surface area contributed by atoms with Crippen molar-refractivity contribution in [2.45, 2.75) is 39.5 Å². The van der Waals surface area contributed by atoms with E-state index in [0.717, 1.165) is 49.0 Å². The molecule has 5 heteroatoms. The van der Waals surface area contributed by atoms with E-state index < -0.39 is 0 Å². The van der Waals surface area contributed by atoms with Gasteiger partial charge in [-0.25, -0.2) is 0 Å². The van der Waals surface area contributed by atoms with Crippen molar-refractivity contribution >= 4 is 17.5 Å². The fourth-order valence-corrected chi connectivity index (χ4v) is 3.40. The van der Waals surface area contributed by atoms with Crippen LogP contribution in [0.25, 0.3) is 0 Å². The molecule has 2 amide bonds. The summed E-state index contributed by atoms with van der Waals surface area (Å²) in [6, 6.07) is 6.02. The molecular formula is C20H31N3O2. The molecule has 0 bridgehead atoms. The lowest BCUT2D eigenvalue weighted by atomic mass is 9.81. The minimum atomic E-state index is 0.00447. The van der Waals surface area contributed by atoms with Crippen LogP contribution < -0.4 is 10.6 Å². The normalized spacial score (nSPS) is 20.4. The number of hydrogen-bond donors (Lipinski definition) is 2.